The number of rotatable bonds is 3. The van der Waals surface area contributed by atoms with Crippen molar-refractivity contribution in [1.82, 2.24) is 4.98 Å². The average molecular weight is 363 g/mol. The molecule has 0 fully saturated rings. The molecule has 1 aromatic heterocycles. The van der Waals surface area contributed by atoms with E-state index in [4.69, 9.17) is 16.0 Å². The third kappa shape index (κ3) is 3.19. The zero-order chi connectivity index (χ0) is 18.1. The Balaban J connectivity index is 1.67. The molecule has 0 aliphatic rings. The third-order valence-electron chi connectivity index (χ3n) is 4.11. The predicted molar refractivity (Wildman–Crippen MR) is 104 cm³/mol. The van der Waals surface area contributed by atoms with Crippen molar-refractivity contribution < 1.29 is 9.21 Å². The van der Waals surface area contributed by atoms with Crippen LogP contribution in [0.2, 0.25) is 5.02 Å². The maximum absolute atomic E-state index is 12.5. The van der Waals surface area contributed by atoms with E-state index >= 15 is 0 Å². The molecular weight excluding hydrogens is 348 g/mol. The fraction of sp³-hybridized carbons (Fsp3) is 0.0476. The van der Waals surface area contributed by atoms with Crippen LogP contribution in [0.3, 0.4) is 0 Å². The van der Waals surface area contributed by atoms with Crippen LogP contribution in [-0.4, -0.2) is 10.9 Å². The van der Waals surface area contributed by atoms with E-state index in [-0.39, 0.29) is 5.91 Å². The summed E-state index contributed by atoms with van der Waals surface area (Å²) >= 11 is 5.97. The van der Waals surface area contributed by atoms with E-state index < -0.39 is 0 Å². The summed E-state index contributed by atoms with van der Waals surface area (Å²) in [5.74, 6) is 0.301. The topological polar surface area (TPSA) is 55.1 Å². The molecule has 0 saturated heterocycles. The number of para-hydroxylation sites is 2. The molecule has 4 nitrogen and oxygen atoms in total. The number of carbonyl (C=O) groups is 1. The minimum absolute atomic E-state index is 0.217. The number of benzene rings is 3. The highest BCUT2D eigenvalue weighted by molar-refractivity contribution is 6.31. The molecule has 0 saturated carbocycles. The van der Waals surface area contributed by atoms with E-state index in [1.54, 1.807) is 24.3 Å². The lowest BCUT2D eigenvalue weighted by Gasteiger charge is -2.10. The summed E-state index contributed by atoms with van der Waals surface area (Å²) < 4.78 is 5.81. The van der Waals surface area contributed by atoms with Crippen molar-refractivity contribution in [3.63, 3.8) is 0 Å². The zero-order valence-corrected chi connectivity index (χ0v) is 14.7. The van der Waals surface area contributed by atoms with Gasteiger partial charge < -0.3 is 9.73 Å². The summed E-state index contributed by atoms with van der Waals surface area (Å²) in [7, 11) is 0. The quantitative estimate of drug-likeness (QED) is 0.508. The Morgan fingerprint density at radius 3 is 2.69 bits per heavy atom. The van der Waals surface area contributed by atoms with Gasteiger partial charge in [0.2, 0.25) is 5.89 Å². The fourth-order valence-electron chi connectivity index (χ4n) is 2.71. The van der Waals surface area contributed by atoms with E-state index in [0.29, 0.717) is 22.2 Å². The Morgan fingerprint density at radius 2 is 1.88 bits per heavy atom. The second kappa shape index (κ2) is 6.65. The summed E-state index contributed by atoms with van der Waals surface area (Å²) in [6.07, 6.45) is 0. The van der Waals surface area contributed by atoms with Gasteiger partial charge in [0, 0.05) is 21.8 Å². The maximum Gasteiger partial charge on any atom is 0.255 e. The van der Waals surface area contributed by atoms with Gasteiger partial charge in [0.1, 0.15) is 5.52 Å². The lowest BCUT2D eigenvalue weighted by atomic mass is 10.1. The van der Waals surface area contributed by atoms with Crippen molar-refractivity contribution in [1.29, 1.82) is 0 Å². The van der Waals surface area contributed by atoms with Gasteiger partial charge in [0.25, 0.3) is 5.91 Å². The molecule has 0 atom stereocenters. The largest absolute Gasteiger partial charge is 0.436 e. The van der Waals surface area contributed by atoms with E-state index in [2.05, 4.69) is 10.3 Å². The maximum atomic E-state index is 12.5. The fourth-order valence-corrected chi connectivity index (χ4v) is 2.90. The van der Waals surface area contributed by atoms with Crippen LogP contribution in [0.15, 0.2) is 71.1 Å². The summed E-state index contributed by atoms with van der Waals surface area (Å²) in [6.45, 7) is 1.93. The van der Waals surface area contributed by atoms with Gasteiger partial charge in [-0.2, -0.15) is 0 Å². The molecule has 1 N–H and O–H groups in total. The van der Waals surface area contributed by atoms with Crippen LogP contribution >= 0.6 is 11.6 Å². The number of nitrogens with one attached hydrogen (secondary N) is 1. The summed E-state index contributed by atoms with van der Waals surface area (Å²) in [4.78, 5) is 17.0. The Morgan fingerprint density at radius 1 is 1.04 bits per heavy atom. The average Bonchev–Trinajstić information content (AvgIpc) is 3.07. The minimum Gasteiger partial charge on any atom is -0.436 e. The number of aromatic nitrogens is 1. The van der Waals surface area contributed by atoms with Crippen molar-refractivity contribution >= 4 is 34.3 Å². The second-order valence-corrected chi connectivity index (χ2v) is 6.42. The number of fused-ring (bicyclic) bond motifs is 1. The molecule has 0 aliphatic heterocycles. The van der Waals surface area contributed by atoms with Gasteiger partial charge in [-0.15, -0.1) is 0 Å². The Bertz CT molecular complexity index is 1080. The molecule has 26 heavy (non-hydrogen) atoms. The number of aryl methyl sites for hydroxylation is 1. The number of amides is 1. The molecule has 0 aliphatic carbocycles. The van der Waals surface area contributed by atoms with Crippen LogP contribution in [0.25, 0.3) is 22.6 Å². The highest BCUT2D eigenvalue weighted by Gasteiger charge is 2.12. The number of hydrogen-bond acceptors (Lipinski definition) is 3. The first-order valence-corrected chi connectivity index (χ1v) is 8.51. The highest BCUT2D eigenvalue weighted by atomic mass is 35.5. The van der Waals surface area contributed by atoms with Gasteiger partial charge in [-0.1, -0.05) is 35.9 Å². The van der Waals surface area contributed by atoms with Crippen LogP contribution in [0, 0.1) is 6.92 Å². The Kier molecular flexibility index (Phi) is 4.19. The number of anilines is 1. The molecule has 1 amide bonds. The van der Waals surface area contributed by atoms with Crippen LogP contribution in [0.5, 0.6) is 0 Å². The van der Waals surface area contributed by atoms with Crippen LogP contribution in [0.4, 0.5) is 5.69 Å². The monoisotopic (exact) mass is 362 g/mol. The predicted octanol–water partition coefficient (Wildman–Crippen LogP) is 5.71. The van der Waals surface area contributed by atoms with Crippen LogP contribution < -0.4 is 5.32 Å². The van der Waals surface area contributed by atoms with Crippen molar-refractivity contribution in [3.05, 3.63) is 82.9 Å². The van der Waals surface area contributed by atoms with E-state index in [9.17, 15) is 4.79 Å². The molecule has 4 aromatic rings. The molecular formula is C21H15ClN2O2. The molecule has 0 spiro atoms. The lowest BCUT2D eigenvalue weighted by molar-refractivity contribution is 0.102. The first-order chi connectivity index (χ1) is 12.6. The normalized spacial score (nSPS) is 10.8. The molecule has 4 rings (SSSR count). The number of oxazole rings is 1. The standard InChI is InChI=1S/C21H15ClN2O2/c1-13-9-10-15(21-24-17-7-2-3-8-19(17)26-21)12-18(13)23-20(25)14-5-4-6-16(22)11-14/h2-12H,1H3,(H,23,25). The molecule has 0 unspecified atom stereocenters. The third-order valence-corrected chi connectivity index (χ3v) is 4.35. The molecule has 0 bridgehead atoms. The van der Waals surface area contributed by atoms with Gasteiger partial charge in [0.05, 0.1) is 0 Å². The first-order valence-electron chi connectivity index (χ1n) is 8.14. The summed E-state index contributed by atoms with van der Waals surface area (Å²) in [5.41, 5.74) is 4.48. The summed E-state index contributed by atoms with van der Waals surface area (Å²) in [5, 5.41) is 3.45. The van der Waals surface area contributed by atoms with Gasteiger partial charge in [0.15, 0.2) is 5.58 Å². The van der Waals surface area contributed by atoms with Gasteiger partial charge in [-0.05, 0) is 55.0 Å². The van der Waals surface area contributed by atoms with Gasteiger partial charge in [-0.25, -0.2) is 4.98 Å². The number of hydrogen-bond donors (Lipinski definition) is 1. The Hall–Kier alpha value is -3.11. The van der Waals surface area contributed by atoms with Crippen molar-refractivity contribution in [2.75, 3.05) is 5.32 Å². The first kappa shape index (κ1) is 16.4. The smallest absolute Gasteiger partial charge is 0.255 e. The molecule has 128 valence electrons. The van der Waals surface area contributed by atoms with Gasteiger partial charge >= 0.3 is 0 Å². The Labute approximate surface area is 155 Å². The second-order valence-electron chi connectivity index (χ2n) is 5.98. The van der Waals surface area contributed by atoms with E-state index in [1.807, 2.05) is 49.4 Å². The SMILES string of the molecule is Cc1ccc(-c2nc3ccccc3o2)cc1NC(=O)c1cccc(Cl)c1. The summed E-state index contributed by atoms with van der Waals surface area (Å²) in [6, 6.07) is 20.2. The minimum atomic E-state index is -0.217. The van der Waals surface area contributed by atoms with Crippen molar-refractivity contribution in [2.45, 2.75) is 6.92 Å². The number of halogens is 1. The van der Waals surface area contributed by atoms with Crippen molar-refractivity contribution in [2.24, 2.45) is 0 Å². The zero-order valence-electron chi connectivity index (χ0n) is 14.0. The van der Waals surface area contributed by atoms with Crippen LogP contribution in [0.1, 0.15) is 15.9 Å². The molecule has 5 heteroatoms. The number of carbonyl (C=O) groups excluding carboxylic acids is 1. The van der Waals surface area contributed by atoms with E-state index in [1.165, 1.54) is 0 Å². The molecule has 1 heterocycles. The molecule has 0 radical (unpaired) electrons. The van der Waals surface area contributed by atoms with Crippen LogP contribution in [-0.2, 0) is 0 Å². The van der Waals surface area contributed by atoms with Gasteiger partial charge in [-0.3, -0.25) is 4.79 Å². The van der Waals surface area contributed by atoms with Crippen molar-refractivity contribution in [3.8, 4) is 11.5 Å². The lowest BCUT2D eigenvalue weighted by Crippen LogP contribution is -2.12. The highest BCUT2D eigenvalue weighted by Crippen LogP contribution is 2.28. The number of nitrogens with zero attached hydrogens (tertiary/aromatic N) is 1. The molecule has 3 aromatic carbocycles. The van der Waals surface area contributed by atoms with E-state index in [0.717, 1.165) is 22.2 Å².